The molecule has 38 heavy (non-hydrogen) atoms. The molecule has 2 amide bonds. The fourth-order valence-corrected chi connectivity index (χ4v) is 3.24. The second-order valence-corrected chi connectivity index (χ2v) is 9.20. The van der Waals surface area contributed by atoms with Gasteiger partial charge in [0.05, 0.1) is 5.70 Å². The van der Waals surface area contributed by atoms with Crippen LogP contribution < -0.4 is 20.4 Å². The number of rotatable bonds is 11. The summed E-state index contributed by atoms with van der Waals surface area (Å²) < 4.78 is 0. The van der Waals surface area contributed by atoms with Crippen molar-refractivity contribution in [2.75, 3.05) is 43.3 Å². The molecule has 0 heterocycles. The Balaban J connectivity index is 1.92. The van der Waals surface area contributed by atoms with Crippen molar-refractivity contribution in [3.63, 3.8) is 0 Å². The van der Waals surface area contributed by atoms with E-state index in [-0.39, 0.29) is 11.8 Å². The average Bonchev–Trinajstić information content (AvgIpc) is 2.87. The van der Waals surface area contributed by atoms with Crippen molar-refractivity contribution in [3.05, 3.63) is 115 Å². The molecule has 2 rings (SSSR count). The third-order valence-electron chi connectivity index (χ3n) is 5.51. The molecule has 0 aliphatic heterocycles. The molecule has 0 saturated heterocycles. The number of hydrogen-bond donors (Lipinski definition) is 2. The molecule has 0 unspecified atom stereocenters. The van der Waals surface area contributed by atoms with E-state index in [4.69, 9.17) is 0 Å². The van der Waals surface area contributed by atoms with E-state index in [9.17, 15) is 9.59 Å². The van der Waals surface area contributed by atoms with Crippen molar-refractivity contribution in [2.45, 2.75) is 13.8 Å². The lowest BCUT2D eigenvalue weighted by Crippen LogP contribution is -2.21. The lowest BCUT2D eigenvalue weighted by molar-refractivity contribution is -0.112. The van der Waals surface area contributed by atoms with Gasteiger partial charge in [0.25, 0.3) is 11.8 Å². The Hall–Kier alpha value is -4.65. The van der Waals surface area contributed by atoms with E-state index in [0.29, 0.717) is 39.5 Å². The van der Waals surface area contributed by atoms with Crippen molar-refractivity contribution in [2.24, 2.45) is 4.99 Å². The monoisotopic (exact) mass is 511 g/mol. The first-order valence-corrected chi connectivity index (χ1v) is 12.0. The minimum atomic E-state index is -0.254. The molecule has 7 nitrogen and oxygen atoms in total. The Morgan fingerprint density at radius 2 is 1.34 bits per heavy atom. The zero-order valence-corrected chi connectivity index (χ0v) is 23.1. The number of carbonyl (C=O) groups is 2. The SMILES string of the molecule is C=C(/C=C\C(=C)C(=C)N=C(C)/C=C(\C)C(=O)Nc1ccc(N(C)C)cc1)NC(=O)c1ccc(N(C)C)cc1. The van der Waals surface area contributed by atoms with Gasteiger partial charge in [0.2, 0.25) is 0 Å². The molecule has 2 aromatic carbocycles. The number of amides is 2. The maximum Gasteiger partial charge on any atom is 0.255 e. The quantitative estimate of drug-likeness (QED) is 0.229. The lowest BCUT2D eigenvalue weighted by atomic mass is 10.1. The van der Waals surface area contributed by atoms with E-state index in [1.807, 2.05) is 74.4 Å². The molecular formula is C31H37N5O2. The van der Waals surface area contributed by atoms with E-state index in [1.54, 1.807) is 44.2 Å². The summed E-state index contributed by atoms with van der Waals surface area (Å²) in [6.45, 7) is 15.3. The fourth-order valence-electron chi connectivity index (χ4n) is 3.24. The van der Waals surface area contributed by atoms with Gasteiger partial charge in [-0.2, -0.15) is 0 Å². The molecule has 0 radical (unpaired) electrons. The van der Waals surface area contributed by atoms with E-state index in [2.05, 4.69) is 35.4 Å². The van der Waals surface area contributed by atoms with E-state index < -0.39 is 0 Å². The molecule has 0 aliphatic carbocycles. The summed E-state index contributed by atoms with van der Waals surface area (Å²) in [5.41, 5.74) is 5.80. The van der Waals surface area contributed by atoms with Gasteiger partial charge in [-0.05, 0) is 80.1 Å². The van der Waals surface area contributed by atoms with Crippen molar-refractivity contribution in [3.8, 4) is 0 Å². The minimum absolute atomic E-state index is 0.218. The van der Waals surface area contributed by atoms with Crippen LogP contribution in [0.3, 0.4) is 0 Å². The van der Waals surface area contributed by atoms with Crippen molar-refractivity contribution in [1.82, 2.24) is 5.32 Å². The summed E-state index contributed by atoms with van der Waals surface area (Å²) in [6.07, 6.45) is 5.00. The lowest BCUT2D eigenvalue weighted by Gasteiger charge is -2.13. The number of nitrogens with zero attached hydrogens (tertiary/aromatic N) is 3. The molecule has 0 fully saturated rings. The Bertz CT molecular complexity index is 1290. The van der Waals surface area contributed by atoms with E-state index >= 15 is 0 Å². The highest BCUT2D eigenvalue weighted by atomic mass is 16.2. The van der Waals surface area contributed by atoms with E-state index in [0.717, 1.165) is 11.4 Å². The molecule has 0 saturated carbocycles. The zero-order chi connectivity index (χ0) is 28.4. The van der Waals surface area contributed by atoms with Crippen LogP contribution in [-0.2, 0) is 4.79 Å². The van der Waals surface area contributed by atoms with Gasteiger partial charge in [0.1, 0.15) is 0 Å². The largest absolute Gasteiger partial charge is 0.378 e. The first-order valence-electron chi connectivity index (χ1n) is 12.0. The molecular weight excluding hydrogens is 474 g/mol. The Kier molecular flexibility index (Phi) is 10.6. The van der Waals surface area contributed by atoms with Crippen LogP contribution in [-0.4, -0.2) is 45.7 Å². The summed E-state index contributed by atoms with van der Waals surface area (Å²) in [5, 5.41) is 5.63. The van der Waals surface area contributed by atoms with Crippen LogP contribution in [0, 0.1) is 0 Å². The molecule has 0 atom stereocenters. The number of allylic oxidation sites excluding steroid dienone is 3. The molecule has 2 aromatic rings. The van der Waals surface area contributed by atoms with Crippen LogP contribution in [0.2, 0.25) is 0 Å². The van der Waals surface area contributed by atoms with Gasteiger partial charge < -0.3 is 20.4 Å². The third kappa shape index (κ3) is 9.09. The normalized spacial score (nSPS) is 11.6. The van der Waals surface area contributed by atoms with Gasteiger partial charge in [-0.25, -0.2) is 0 Å². The molecule has 0 spiro atoms. The topological polar surface area (TPSA) is 77.0 Å². The second kappa shape index (κ2) is 13.6. The summed E-state index contributed by atoms with van der Waals surface area (Å²) in [7, 11) is 7.80. The standard InChI is InChI=1S/C31H37N5O2/c1-21(10-11-23(3)33-31(38)26-12-16-28(17-13-26)35(6)7)25(5)32-24(4)20-22(2)30(37)34-27-14-18-29(19-15-27)36(8)9/h10-20H,1,3,5H2,2,4,6-9H3,(H,33,38)(H,34,37)/b11-10-,22-20+,32-24?. The van der Waals surface area contributed by atoms with Gasteiger partial charge >= 0.3 is 0 Å². The highest BCUT2D eigenvalue weighted by Crippen LogP contribution is 2.17. The van der Waals surface area contributed by atoms with Gasteiger partial charge in [-0.15, -0.1) is 0 Å². The number of benzene rings is 2. The van der Waals surface area contributed by atoms with Gasteiger partial charge in [-0.1, -0.05) is 25.8 Å². The summed E-state index contributed by atoms with van der Waals surface area (Å²) >= 11 is 0. The van der Waals surface area contributed by atoms with Crippen LogP contribution in [0.1, 0.15) is 24.2 Å². The first-order chi connectivity index (χ1) is 17.9. The highest BCUT2D eigenvalue weighted by molar-refractivity contribution is 6.08. The summed E-state index contributed by atoms with van der Waals surface area (Å²) in [6, 6.07) is 14.9. The molecule has 7 heteroatoms. The van der Waals surface area contributed by atoms with Crippen molar-refractivity contribution in [1.29, 1.82) is 0 Å². The van der Waals surface area contributed by atoms with Gasteiger partial charge in [-0.3, -0.25) is 14.6 Å². The fraction of sp³-hybridized carbons (Fsp3) is 0.194. The van der Waals surface area contributed by atoms with Crippen LogP contribution in [0.5, 0.6) is 0 Å². The van der Waals surface area contributed by atoms with Crippen LogP contribution in [0.25, 0.3) is 0 Å². The summed E-state index contributed by atoms with van der Waals surface area (Å²) in [4.78, 5) is 33.4. The van der Waals surface area contributed by atoms with Crippen molar-refractivity contribution >= 4 is 34.6 Å². The zero-order valence-electron chi connectivity index (χ0n) is 23.1. The Morgan fingerprint density at radius 3 is 1.87 bits per heavy atom. The van der Waals surface area contributed by atoms with Crippen LogP contribution in [0.15, 0.2) is 114 Å². The van der Waals surface area contributed by atoms with Crippen LogP contribution in [0.4, 0.5) is 17.1 Å². The molecule has 198 valence electrons. The molecule has 0 bridgehead atoms. The van der Waals surface area contributed by atoms with E-state index in [1.165, 1.54) is 0 Å². The first kappa shape index (κ1) is 29.6. The summed E-state index contributed by atoms with van der Waals surface area (Å²) in [5.74, 6) is -0.472. The molecule has 0 aromatic heterocycles. The highest BCUT2D eigenvalue weighted by Gasteiger charge is 2.08. The number of hydrogen-bond acceptors (Lipinski definition) is 5. The average molecular weight is 512 g/mol. The maximum absolute atomic E-state index is 12.6. The van der Waals surface area contributed by atoms with Crippen molar-refractivity contribution < 1.29 is 9.59 Å². The Morgan fingerprint density at radius 1 is 0.816 bits per heavy atom. The van der Waals surface area contributed by atoms with Gasteiger partial charge in [0.15, 0.2) is 0 Å². The minimum Gasteiger partial charge on any atom is -0.378 e. The van der Waals surface area contributed by atoms with Gasteiger partial charge in [0, 0.05) is 67.8 Å². The number of carbonyl (C=O) groups excluding carboxylic acids is 2. The number of aliphatic imine (C=N–C) groups is 1. The molecule has 2 N–H and O–H groups in total. The third-order valence-corrected chi connectivity index (χ3v) is 5.51. The maximum atomic E-state index is 12.6. The number of anilines is 3. The van der Waals surface area contributed by atoms with Crippen LogP contribution >= 0.6 is 0 Å². The Labute approximate surface area is 226 Å². The molecule has 0 aliphatic rings. The predicted molar refractivity (Wildman–Crippen MR) is 161 cm³/mol. The second-order valence-electron chi connectivity index (χ2n) is 9.20. The predicted octanol–water partition coefficient (Wildman–Crippen LogP) is 5.73. The number of nitrogens with one attached hydrogen (secondary N) is 2. The smallest absolute Gasteiger partial charge is 0.255 e.